The van der Waals surface area contributed by atoms with Gasteiger partial charge in [-0.3, -0.25) is 9.59 Å². The quantitative estimate of drug-likeness (QED) is 0.565. The second kappa shape index (κ2) is 8.80. The molecule has 26 heavy (non-hydrogen) atoms. The van der Waals surface area contributed by atoms with Gasteiger partial charge < -0.3 is 20.3 Å². The van der Waals surface area contributed by atoms with E-state index in [2.05, 4.69) is 0 Å². The number of rotatable bonds is 7. The van der Waals surface area contributed by atoms with Crippen LogP contribution in [0.2, 0.25) is 0 Å². The molecule has 1 aromatic rings. The zero-order valence-electron chi connectivity index (χ0n) is 14.8. The molecule has 7 nitrogen and oxygen atoms in total. The van der Waals surface area contributed by atoms with Gasteiger partial charge in [-0.1, -0.05) is 44.4 Å². The average molecular weight is 363 g/mol. The van der Waals surface area contributed by atoms with E-state index in [0.717, 1.165) is 6.42 Å². The number of hydrogen-bond acceptors (Lipinski definition) is 6. The van der Waals surface area contributed by atoms with Crippen LogP contribution in [0.1, 0.15) is 55.8 Å². The molecule has 0 radical (unpaired) electrons. The molecule has 1 aromatic carbocycles. The number of benzene rings is 1. The van der Waals surface area contributed by atoms with Crippen LogP contribution in [0, 0.1) is 5.41 Å². The lowest BCUT2D eigenvalue weighted by molar-refractivity contribution is -0.179. The molecule has 142 valence electrons. The Hall–Kier alpha value is -2.41. The molecule has 0 spiro atoms. The molecule has 1 aliphatic rings. The summed E-state index contributed by atoms with van der Waals surface area (Å²) in [7, 11) is 0. The fourth-order valence-corrected chi connectivity index (χ4v) is 3.22. The largest absolute Gasteiger partial charge is 0.481 e. The number of carboxylic acids is 1. The molecule has 0 bridgehead atoms. The molecule has 0 aromatic heterocycles. The van der Waals surface area contributed by atoms with Gasteiger partial charge >= 0.3 is 17.9 Å². The second-order valence-electron chi connectivity index (χ2n) is 6.55. The monoisotopic (exact) mass is 363 g/mol. The van der Waals surface area contributed by atoms with Gasteiger partial charge in [-0.05, 0) is 25.0 Å². The van der Waals surface area contributed by atoms with Crippen molar-refractivity contribution >= 4 is 17.9 Å². The normalized spacial score (nSPS) is 18.4. The van der Waals surface area contributed by atoms with Gasteiger partial charge in [-0.2, -0.15) is 0 Å². The summed E-state index contributed by atoms with van der Waals surface area (Å²) in [5, 5.41) is 9.62. The summed E-state index contributed by atoms with van der Waals surface area (Å²) < 4.78 is 10.4. The third kappa shape index (κ3) is 4.40. The zero-order chi connectivity index (χ0) is 19.2. The summed E-state index contributed by atoms with van der Waals surface area (Å²) in [5.41, 5.74) is 4.99. The molecule has 7 heteroatoms. The number of nitrogens with two attached hydrogens (primary N) is 1. The van der Waals surface area contributed by atoms with Gasteiger partial charge in [0.15, 0.2) is 0 Å². The van der Waals surface area contributed by atoms with Crippen molar-refractivity contribution in [2.75, 3.05) is 0 Å². The predicted octanol–water partition coefficient (Wildman–Crippen LogP) is 2.49. The lowest BCUT2D eigenvalue weighted by atomic mass is 9.69. The molecule has 2 unspecified atom stereocenters. The fraction of sp³-hybridized carbons (Fsp3) is 0.526. The number of esters is 2. The van der Waals surface area contributed by atoms with Gasteiger partial charge in [-0.15, -0.1) is 0 Å². The van der Waals surface area contributed by atoms with Crippen molar-refractivity contribution in [2.24, 2.45) is 11.1 Å². The van der Waals surface area contributed by atoms with Crippen LogP contribution in [0.15, 0.2) is 30.3 Å². The van der Waals surface area contributed by atoms with Crippen molar-refractivity contribution < 1.29 is 29.0 Å². The summed E-state index contributed by atoms with van der Waals surface area (Å²) >= 11 is 0. The van der Waals surface area contributed by atoms with Crippen molar-refractivity contribution in [1.82, 2.24) is 0 Å². The lowest BCUT2D eigenvalue weighted by Gasteiger charge is -2.37. The van der Waals surface area contributed by atoms with E-state index in [9.17, 15) is 19.5 Å². The predicted molar refractivity (Wildman–Crippen MR) is 93.2 cm³/mol. The molecule has 2 rings (SSSR count). The van der Waals surface area contributed by atoms with Gasteiger partial charge in [0, 0.05) is 6.42 Å². The summed E-state index contributed by atoms with van der Waals surface area (Å²) in [6, 6.07) is 7.03. The molecule has 1 fully saturated rings. The van der Waals surface area contributed by atoms with Crippen LogP contribution in [0.25, 0.3) is 0 Å². The Morgan fingerprint density at radius 1 is 1.12 bits per heavy atom. The summed E-state index contributed by atoms with van der Waals surface area (Å²) in [5.74, 6) is -2.57. The molecule has 1 saturated carbocycles. The molecule has 0 saturated heterocycles. The van der Waals surface area contributed by atoms with Gasteiger partial charge in [0.1, 0.15) is 6.04 Å². The third-order valence-corrected chi connectivity index (χ3v) is 4.85. The van der Waals surface area contributed by atoms with E-state index in [-0.39, 0.29) is 6.42 Å². The van der Waals surface area contributed by atoms with Crippen LogP contribution in [0.4, 0.5) is 0 Å². The van der Waals surface area contributed by atoms with E-state index >= 15 is 0 Å². The zero-order valence-corrected chi connectivity index (χ0v) is 14.8. The highest BCUT2D eigenvalue weighted by molar-refractivity contribution is 5.90. The first kappa shape index (κ1) is 19.9. The second-order valence-corrected chi connectivity index (χ2v) is 6.55. The van der Waals surface area contributed by atoms with E-state index in [0.29, 0.717) is 31.2 Å². The number of carbonyl (C=O) groups is 3. The Balaban J connectivity index is 2.03. The highest BCUT2D eigenvalue weighted by Crippen LogP contribution is 2.39. The minimum absolute atomic E-state index is 0.233. The molecule has 0 heterocycles. The SMILES string of the molecule is CCC(OC(=O)c1ccccc1)OC(=O)C(N)C1(C(=O)O)CCCCC1. The molecular formula is C19H25NO6. The maximum Gasteiger partial charge on any atom is 0.341 e. The Bertz CT molecular complexity index is 639. The van der Waals surface area contributed by atoms with Crippen molar-refractivity contribution in [3.05, 3.63) is 35.9 Å². The van der Waals surface area contributed by atoms with Crippen molar-refractivity contribution in [3.63, 3.8) is 0 Å². The third-order valence-electron chi connectivity index (χ3n) is 4.85. The smallest absolute Gasteiger partial charge is 0.341 e. The van der Waals surface area contributed by atoms with Crippen LogP contribution in [0.3, 0.4) is 0 Å². The summed E-state index contributed by atoms with van der Waals surface area (Å²) in [6.07, 6.45) is 2.11. The molecular weight excluding hydrogens is 338 g/mol. The van der Waals surface area contributed by atoms with Gasteiger partial charge in [-0.25, -0.2) is 4.79 Å². The molecule has 0 aliphatic heterocycles. The van der Waals surface area contributed by atoms with Gasteiger partial charge in [0.25, 0.3) is 0 Å². The maximum atomic E-state index is 12.4. The number of ether oxygens (including phenoxy) is 2. The first-order valence-electron chi connectivity index (χ1n) is 8.86. The first-order chi connectivity index (χ1) is 12.4. The van der Waals surface area contributed by atoms with Gasteiger partial charge in [0.2, 0.25) is 6.29 Å². The molecule has 0 amide bonds. The van der Waals surface area contributed by atoms with E-state index in [1.165, 1.54) is 0 Å². The summed E-state index contributed by atoms with van der Waals surface area (Å²) in [4.78, 5) is 36.3. The Labute approximate surface area is 152 Å². The van der Waals surface area contributed by atoms with Crippen molar-refractivity contribution in [1.29, 1.82) is 0 Å². The molecule has 2 atom stereocenters. The lowest BCUT2D eigenvalue weighted by Crippen LogP contribution is -2.54. The number of carbonyl (C=O) groups excluding carboxylic acids is 2. The maximum absolute atomic E-state index is 12.4. The number of carboxylic acid groups (broad SMARTS) is 1. The van der Waals surface area contributed by atoms with Crippen molar-refractivity contribution in [3.8, 4) is 0 Å². The highest BCUT2D eigenvalue weighted by atomic mass is 16.7. The first-order valence-corrected chi connectivity index (χ1v) is 8.86. The summed E-state index contributed by atoms with van der Waals surface area (Å²) in [6.45, 7) is 1.69. The van der Waals surface area contributed by atoms with Crippen LogP contribution in [-0.2, 0) is 19.1 Å². The molecule has 1 aliphatic carbocycles. The Morgan fingerprint density at radius 3 is 2.27 bits per heavy atom. The average Bonchev–Trinajstić information content (AvgIpc) is 2.67. The number of hydrogen-bond donors (Lipinski definition) is 2. The molecule has 3 N–H and O–H groups in total. The van der Waals surface area contributed by atoms with Crippen molar-refractivity contribution in [2.45, 2.75) is 57.8 Å². The Kier molecular flexibility index (Phi) is 6.74. The van der Waals surface area contributed by atoms with E-state index < -0.39 is 35.7 Å². The highest BCUT2D eigenvalue weighted by Gasteiger charge is 2.49. The van der Waals surface area contributed by atoms with E-state index in [1.54, 1.807) is 37.3 Å². The van der Waals surface area contributed by atoms with Crippen LogP contribution >= 0.6 is 0 Å². The van der Waals surface area contributed by atoms with Gasteiger partial charge in [0.05, 0.1) is 11.0 Å². The van der Waals surface area contributed by atoms with Crippen LogP contribution in [-0.4, -0.2) is 35.3 Å². The minimum atomic E-state index is -1.32. The Morgan fingerprint density at radius 2 is 1.73 bits per heavy atom. The topological polar surface area (TPSA) is 116 Å². The standard InChI is InChI=1S/C19H25NO6/c1-2-14(25-16(21)13-9-5-3-6-10-13)26-17(22)15(20)19(18(23)24)11-7-4-8-12-19/h3,5-6,9-10,14-15H,2,4,7-8,11-12,20H2,1H3,(H,23,24). The van der Waals surface area contributed by atoms with E-state index in [1.807, 2.05) is 0 Å². The number of aliphatic carboxylic acids is 1. The fourth-order valence-electron chi connectivity index (χ4n) is 3.22. The van der Waals surface area contributed by atoms with E-state index in [4.69, 9.17) is 15.2 Å². The minimum Gasteiger partial charge on any atom is -0.481 e. The van der Waals surface area contributed by atoms with Crippen LogP contribution in [0.5, 0.6) is 0 Å². The van der Waals surface area contributed by atoms with Crippen LogP contribution < -0.4 is 5.73 Å².